The second-order valence-corrected chi connectivity index (χ2v) is 5.73. The molecule has 1 heterocycles. The van der Waals surface area contributed by atoms with Crippen molar-refractivity contribution in [3.63, 3.8) is 0 Å². The van der Waals surface area contributed by atoms with Crippen LogP contribution in [0.5, 0.6) is 5.75 Å². The van der Waals surface area contributed by atoms with Gasteiger partial charge in [0.15, 0.2) is 6.61 Å². The maximum absolute atomic E-state index is 12.0. The van der Waals surface area contributed by atoms with Crippen LogP contribution in [-0.4, -0.2) is 43.2 Å². The molecule has 4 nitrogen and oxygen atoms in total. The molecule has 1 amide bonds. The Balaban J connectivity index is 1.95. The predicted molar refractivity (Wildman–Crippen MR) is 79.0 cm³/mol. The second kappa shape index (κ2) is 6.85. The van der Waals surface area contributed by atoms with E-state index in [0.29, 0.717) is 40.5 Å². The van der Waals surface area contributed by atoms with E-state index in [1.54, 1.807) is 4.90 Å². The number of carbonyl (C=O) groups is 1. The van der Waals surface area contributed by atoms with E-state index >= 15 is 0 Å². The SMILES string of the molecule is CC1CN(C(=O)COc2cc(Cl)c(Cl)cc2Cl)CCO1. The number of benzene rings is 1. The van der Waals surface area contributed by atoms with E-state index in [4.69, 9.17) is 44.3 Å². The number of amides is 1. The van der Waals surface area contributed by atoms with Gasteiger partial charge in [-0.15, -0.1) is 0 Å². The fourth-order valence-electron chi connectivity index (χ4n) is 1.89. The Morgan fingerprint density at radius 1 is 1.35 bits per heavy atom. The first-order valence-corrected chi connectivity index (χ1v) is 7.27. The average Bonchev–Trinajstić information content (AvgIpc) is 2.41. The lowest BCUT2D eigenvalue weighted by Gasteiger charge is -2.31. The summed E-state index contributed by atoms with van der Waals surface area (Å²) in [6.07, 6.45) is 0.0428. The van der Waals surface area contributed by atoms with Gasteiger partial charge in [0.05, 0.1) is 27.8 Å². The van der Waals surface area contributed by atoms with Crippen molar-refractivity contribution in [2.45, 2.75) is 13.0 Å². The van der Waals surface area contributed by atoms with Crippen LogP contribution in [0.25, 0.3) is 0 Å². The summed E-state index contributed by atoms with van der Waals surface area (Å²) in [6.45, 7) is 3.51. The van der Waals surface area contributed by atoms with Gasteiger partial charge in [-0.1, -0.05) is 34.8 Å². The minimum absolute atomic E-state index is 0.0428. The summed E-state index contributed by atoms with van der Waals surface area (Å²) >= 11 is 17.7. The summed E-state index contributed by atoms with van der Waals surface area (Å²) in [7, 11) is 0. The van der Waals surface area contributed by atoms with Gasteiger partial charge < -0.3 is 14.4 Å². The number of morpholine rings is 1. The molecule has 1 fully saturated rings. The Morgan fingerprint density at radius 2 is 2.05 bits per heavy atom. The Kier molecular flexibility index (Phi) is 5.38. The molecule has 2 rings (SSSR count). The molecule has 1 aromatic rings. The number of rotatable bonds is 3. The third kappa shape index (κ3) is 3.92. The lowest BCUT2D eigenvalue weighted by atomic mass is 10.3. The summed E-state index contributed by atoms with van der Waals surface area (Å²) in [6, 6.07) is 2.99. The molecule has 0 aliphatic carbocycles. The number of ether oxygens (including phenoxy) is 2. The highest BCUT2D eigenvalue weighted by molar-refractivity contribution is 6.43. The first-order chi connectivity index (χ1) is 9.47. The third-order valence-electron chi connectivity index (χ3n) is 2.92. The van der Waals surface area contributed by atoms with Gasteiger partial charge in [0.25, 0.3) is 5.91 Å². The van der Waals surface area contributed by atoms with Gasteiger partial charge in [-0.3, -0.25) is 4.79 Å². The highest BCUT2D eigenvalue weighted by atomic mass is 35.5. The fraction of sp³-hybridized carbons (Fsp3) is 0.462. The summed E-state index contributed by atoms with van der Waals surface area (Å²) in [4.78, 5) is 13.7. The molecule has 0 saturated carbocycles. The van der Waals surface area contributed by atoms with Crippen LogP contribution in [-0.2, 0) is 9.53 Å². The van der Waals surface area contributed by atoms with Gasteiger partial charge in [0.1, 0.15) is 5.75 Å². The lowest BCUT2D eigenvalue weighted by molar-refractivity contribution is -0.140. The lowest BCUT2D eigenvalue weighted by Crippen LogP contribution is -2.46. The van der Waals surface area contributed by atoms with E-state index < -0.39 is 0 Å². The van der Waals surface area contributed by atoms with Crippen LogP contribution in [0.3, 0.4) is 0 Å². The first kappa shape index (κ1) is 15.7. The maximum atomic E-state index is 12.0. The van der Waals surface area contributed by atoms with Crippen molar-refractivity contribution >= 4 is 40.7 Å². The van der Waals surface area contributed by atoms with Gasteiger partial charge in [0, 0.05) is 19.2 Å². The smallest absolute Gasteiger partial charge is 0.260 e. The molecule has 0 radical (unpaired) electrons. The number of halogens is 3. The molecule has 110 valence electrons. The maximum Gasteiger partial charge on any atom is 0.260 e. The van der Waals surface area contributed by atoms with E-state index in [-0.39, 0.29) is 18.6 Å². The predicted octanol–water partition coefficient (Wildman–Crippen LogP) is 3.27. The number of nitrogens with zero attached hydrogens (tertiary/aromatic N) is 1. The molecule has 0 bridgehead atoms. The van der Waals surface area contributed by atoms with Crippen LogP contribution < -0.4 is 4.74 Å². The molecular formula is C13H14Cl3NO3. The van der Waals surface area contributed by atoms with Crippen LogP contribution in [0.15, 0.2) is 12.1 Å². The molecule has 7 heteroatoms. The zero-order valence-corrected chi connectivity index (χ0v) is 13.1. The largest absolute Gasteiger partial charge is 0.482 e. The van der Waals surface area contributed by atoms with Gasteiger partial charge in [0.2, 0.25) is 0 Å². The van der Waals surface area contributed by atoms with Crippen LogP contribution in [0.1, 0.15) is 6.92 Å². The third-order valence-corrected chi connectivity index (χ3v) is 3.94. The Labute approximate surface area is 132 Å². The van der Waals surface area contributed by atoms with Crippen molar-refractivity contribution in [1.29, 1.82) is 0 Å². The van der Waals surface area contributed by atoms with E-state index in [1.807, 2.05) is 6.92 Å². The van der Waals surface area contributed by atoms with Crippen LogP contribution in [0.4, 0.5) is 0 Å². The summed E-state index contributed by atoms with van der Waals surface area (Å²) in [5.74, 6) is 0.234. The second-order valence-electron chi connectivity index (χ2n) is 4.51. The van der Waals surface area contributed by atoms with E-state index in [1.165, 1.54) is 12.1 Å². The highest BCUT2D eigenvalue weighted by Crippen LogP contribution is 2.33. The minimum atomic E-state index is -0.109. The Bertz CT molecular complexity index is 510. The van der Waals surface area contributed by atoms with Gasteiger partial charge in [-0.25, -0.2) is 0 Å². The molecule has 1 aliphatic rings. The van der Waals surface area contributed by atoms with Crippen molar-refractivity contribution in [1.82, 2.24) is 4.90 Å². The van der Waals surface area contributed by atoms with Crippen molar-refractivity contribution < 1.29 is 14.3 Å². The van der Waals surface area contributed by atoms with Crippen molar-refractivity contribution in [2.24, 2.45) is 0 Å². The molecule has 1 unspecified atom stereocenters. The summed E-state index contributed by atoms with van der Waals surface area (Å²) in [5.41, 5.74) is 0. The highest BCUT2D eigenvalue weighted by Gasteiger charge is 2.22. The van der Waals surface area contributed by atoms with Crippen molar-refractivity contribution in [3.05, 3.63) is 27.2 Å². The van der Waals surface area contributed by atoms with Crippen molar-refractivity contribution in [2.75, 3.05) is 26.3 Å². The fourth-order valence-corrected chi connectivity index (χ4v) is 2.48. The zero-order valence-electron chi connectivity index (χ0n) is 10.9. The van der Waals surface area contributed by atoms with Gasteiger partial charge in [-0.2, -0.15) is 0 Å². The molecular weight excluding hydrogens is 325 g/mol. The molecule has 1 saturated heterocycles. The average molecular weight is 339 g/mol. The topological polar surface area (TPSA) is 38.8 Å². The minimum Gasteiger partial charge on any atom is -0.482 e. The molecule has 0 aromatic heterocycles. The molecule has 1 atom stereocenters. The number of hydrogen-bond donors (Lipinski definition) is 0. The summed E-state index contributed by atoms with van der Waals surface area (Å²) in [5, 5.41) is 0.999. The Hall–Kier alpha value is -0.680. The van der Waals surface area contributed by atoms with E-state index in [9.17, 15) is 4.79 Å². The van der Waals surface area contributed by atoms with Gasteiger partial charge in [-0.05, 0) is 13.0 Å². The monoisotopic (exact) mass is 337 g/mol. The van der Waals surface area contributed by atoms with Crippen LogP contribution in [0, 0.1) is 0 Å². The zero-order chi connectivity index (χ0) is 14.7. The molecule has 0 spiro atoms. The molecule has 20 heavy (non-hydrogen) atoms. The Morgan fingerprint density at radius 3 is 2.75 bits per heavy atom. The van der Waals surface area contributed by atoms with Crippen LogP contribution in [0.2, 0.25) is 15.1 Å². The summed E-state index contributed by atoms with van der Waals surface area (Å²) < 4.78 is 10.8. The molecule has 0 N–H and O–H groups in total. The molecule has 1 aromatic carbocycles. The van der Waals surface area contributed by atoms with Crippen LogP contribution >= 0.6 is 34.8 Å². The van der Waals surface area contributed by atoms with E-state index in [2.05, 4.69) is 0 Å². The standard InChI is InChI=1S/C13H14Cl3NO3/c1-8-6-17(2-3-19-8)13(18)7-20-12-5-10(15)9(14)4-11(12)16/h4-5,8H,2-3,6-7H2,1H3. The normalized spacial score (nSPS) is 19.0. The van der Waals surface area contributed by atoms with Gasteiger partial charge >= 0.3 is 0 Å². The van der Waals surface area contributed by atoms with E-state index in [0.717, 1.165) is 0 Å². The first-order valence-electron chi connectivity index (χ1n) is 6.14. The van der Waals surface area contributed by atoms with Crippen molar-refractivity contribution in [3.8, 4) is 5.75 Å². The number of hydrogen-bond acceptors (Lipinski definition) is 3. The quantitative estimate of drug-likeness (QED) is 0.794. The molecule has 1 aliphatic heterocycles. The number of carbonyl (C=O) groups excluding carboxylic acids is 1.